The van der Waals surface area contributed by atoms with Crippen LogP contribution in [-0.4, -0.2) is 32.0 Å². The molecule has 10 heteroatoms. The third-order valence-corrected chi connectivity index (χ3v) is 7.71. The molecule has 0 aromatic rings. The van der Waals surface area contributed by atoms with Crippen molar-refractivity contribution >= 4 is 11.9 Å². The summed E-state index contributed by atoms with van der Waals surface area (Å²) < 4.78 is 0. The van der Waals surface area contributed by atoms with Crippen molar-refractivity contribution < 1.29 is 29.6 Å². The maximum Gasteiger partial charge on any atom is 0.303 e. The number of nitrogens with zero attached hydrogens (tertiary/aromatic N) is 2. The first-order valence-electron chi connectivity index (χ1n) is 18.2. The van der Waals surface area contributed by atoms with E-state index in [0.717, 1.165) is 51.4 Å². The zero-order chi connectivity index (χ0) is 37.1. The largest absolute Gasteiger partial charge is 0.481 e. The van der Waals surface area contributed by atoms with E-state index in [2.05, 4.69) is 25.2 Å². The highest BCUT2D eigenvalue weighted by Gasteiger charge is 2.08. The van der Waals surface area contributed by atoms with Crippen molar-refractivity contribution in [1.82, 2.24) is 0 Å². The average Bonchev–Trinajstić information content (AvgIpc) is 3.07. The van der Waals surface area contributed by atoms with E-state index in [1.54, 1.807) is 12.2 Å². The quantitative estimate of drug-likeness (QED) is 0.0304. The van der Waals surface area contributed by atoms with Gasteiger partial charge in [-0.05, 0) is 102 Å². The molecule has 0 bridgehead atoms. The number of hydrogen-bond donors (Lipinski definition) is 2. The van der Waals surface area contributed by atoms with E-state index in [4.69, 9.17) is 10.2 Å². The van der Waals surface area contributed by atoms with Crippen molar-refractivity contribution in [3.63, 3.8) is 0 Å². The molecule has 0 rings (SSSR count). The molecule has 0 aromatic carbocycles. The van der Waals surface area contributed by atoms with Crippen LogP contribution in [0.1, 0.15) is 142 Å². The normalized spacial score (nSPS) is 13.2. The summed E-state index contributed by atoms with van der Waals surface area (Å²) >= 11 is 0. The highest BCUT2D eigenvalue weighted by Crippen LogP contribution is 2.18. The predicted octanol–water partition coefficient (Wildman–Crippen LogP) is 11.4. The first-order chi connectivity index (χ1) is 24.2. The first-order valence-corrected chi connectivity index (χ1v) is 18.2. The summed E-state index contributed by atoms with van der Waals surface area (Å²) in [4.78, 5) is 43.1. The Morgan fingerprint density at radius 1 is 0.500 bits per heavy atom. The van der Waals surface area contributed by atoms with Gasteiger partial charge in [0.15, 0.2) is 0 Å². The number of allylic oxidation sites excluding steroid dienone is 14. The zero-order valence-electron chi connectivity index (χ0n) is 30.1. The van der Waals surface area contributed by atoms with Gasteiger partial charge in [0.2, 0.25) is 11.4 Å². The Morgan fingerprint density at radius 2 is 0.940 bits per heavy atom. The summed E-state index contributed by atoms with van der Waals surface area (Å²) in [6.07, 6.45) is 40.4. The van der Waals surface area contributed by atoms with E-state index in [1.807, 2.05) is 42.5 Å². The van der Waals surface area contributed by atoms with E-state index in [0.29, 0.717) is 44.9 Å². The zero-order valence-corrected chi connectivity index (χ0v) is 30.1. The van der Waals surface area contributed by atoms with Crippen LogP contribution in [0, 0.1) is 20.2 Å². The van der Waals surface area contributed by atoms with Gasteiger partial charge < -0.3 is 10.2 Å². The molecule has 0 unspecified atom stereocenters. The van der Waals surface area contributed by atoms with Crippen LogP contribution in [0.25, 0.3) is 0 Å². The minimum absolute atomic E-state index is 0.000361. The molecule has 0 saturated carbocycles. The van der Waals surface area contributed by atoms with Gasteiger partial charge in [-0.2, -0.15) is 0 Å². The third-order valence-electron chi connectivity index (χ3n) is 7.71. The van der Waals surface area contributed by atoms with Crippen molar-refractivity contribution in [3.8, 4) is 0 Å². The molecule has 10 nitrogen and oxygen atoms in total. The van der Waals surface area contributed by atoms with Crippen LogP contribution >= 0.6 is 0 Å². The fourth-order valence-electron chi connectivity index (χ4n) is 4.86. The van der Waals surface area contributed by atoms with Crippen molar-refractivity contribution in [2.24, 2.45) is 0 Å². The minimum Gasteiger partial charge on any atom is -0.481 e. The lowest BCUT2D eigenvalue weighted by Crippen LogP contribution is -1.98. The van der Waals surface area contributed by atoms with Crippen LogP contribution in [-0.2, 0) is 9.59 Å². The van der Waals surface area contributed by atoms with Crippen LogP contribution in [0.4, 0.5) is 0 Å². The number of hydrogen-bond acceptors (Lipinski definition) is 6. The van der Waals surface area contributed by atoms with Gasteiger partial charge in [-0.3, -0.25) is 29.8 Å². The smallest absolute Gasteiger partial charge is 0.303 e. The minimum atomic E-state index is -0.903. The Balaban J connectivity index is 4.59. The van der Waals surface area contributed by atoms with Crippen LogP contribution < -0.4 is 0 Å². The van der Waals surface area contributed by atoms with Gasteiger partial charge in [0.25, 0.3) is 0 Å². The van der Waals surface area contributed by atoms with Crippen molar-refractivity contribution in [2.45, 2.75) is 142 Å². The monoisotopic (exact) mass is 696 g/mol. The molecule has 0 saturated heterocycles. The molecule has 0 amide bonds. The standard InChI is InChI=1S/C40H60N2O8/c1-2-3-4-18-27-36(28-19-12-11-14-22-31-38(42(49)50)33-25-26-35-40(45)46)29-20-16-17-23-32-37(41(47)48)30-21-13-9-7-5-6-8-10-15-24-34-39(43)44/h5,7-8,10,12-14,19,21-22,27,32-33H,2-4,6,9,11,15-18,20,23-26,28-31,34-35H2,1H3,(H,43,44)(H,45,46)/b7-5-,10-8-,19-12-,21-13-,22-14-,36-27+,37-32+,38-33+. The molecule has 0 radical (unpaired) electrons. The van der Waals surface area contributed by atoms with E-state index >= 15 is 0 Å². The lowest BCUT2D eigenvalue weighted by atomic mass is 10.0. The Kier molecular flexibility index (Phi) is 30.3. The number of rotatable bonds is 32. The molecule has 278 valence electrons. The van der Waals surface area contributed by atoms with Crippen molar-refractivity contribution in [3.05, 3.63) is 116 Å². The van der Waals surface area contributed by atoms with E-state index < -0.39 is 16.9 Å². The summed E-state index contributed by atoms with van der Waals surface area (Å²) in [6, 6.07) is 0. The van der Waals surface area contributed by atoms with Crippen LogP contribution in [0.2, 0.25) is 0 Å². The Labute approximate surface area is 299 Å². The van der Waals surface area contributed by atoms with Crippen molar-refractivity contribution in [2.75, 3.05) is 0 Å². The molecule has 50 heavy (non-hydrogen) atoms. The van der Waals surface area contributed by atoms with Crippen LogP contribution in [0.3, 0.4) is 0 Å². The summed E-state index contributed by atoms with van der Waals surface area (Å²) in [5, 5.41) is 40.1. The molecule has 0 fully saturated rings. The lowest BCUT2D eigenvalue weighted by molar-refractivity contribution is -0.427. The maximum atomic E-state index is 11.5. The number of carboxylic acids is 2. The summed E-state index contributed by atoms with van der Waals surface area (Å²) in [5.74, 6) is -1.68. The Hall–Kier alpha value is -4.34. The van der Waals surface area contributed by atoms with Gasteiger partial charge in [0.1, 0.15) is 0 Å². The van der Waals surface area contributed by atoms with Crippen LogP contribution in [0.5, 0.6) is 0 Å². The van der Waals surface area contributed by atoms with E-state index in [-0.39, 0.29) is 35.6 Å². The summed E-state index contributed by atoms with van der Waals surface area (Å²) in [6.45, 7) is 2.19. The van der Waals surface area contributed by atoms with Gasteiger partial charge >= 0.3 is 11.9 Å². The second kappa shape index (κ2) is 33.2. The molecule has 0 spiro atoms. The molecule has 0 aliphatic heterocycles. The molecule has 0 aromatic heterocycles. The maximum absolute atomic E-state index is 11.5. The molecule has 0 aliphatic rings. The fourth-order valence-corrected chi connectivity index (χ4v) is 4.86. The second-order valence-corrected chi connectivity index (χ2v) is 12.1. The molecule has 0 aliphatic carbocycles. The molecule has 0 heterocycles. The van der Waals surface area contributed by atoms with E-state index in [9.17, 15) is 29.8 Å². The van der Waals surface area contributed by atoms with Crippen molar-refractivity contribution in [1.29, 1.82) is 0 Å². The Morgan fingerprint density at radius 3 is 1.46 bits per heavy atom. The number of carboxylic acid groups (broad SMARTS) is 2. The molecular weight excluding hydrogens is 636 g/mol. The highest BCUT2D eigenvalue weighted by atomic mass is 16.6. The SMILES string of the molecule is CCCCC/C=C(\C/C=C\C/C=C\C/C(=C\CCCC(=O)O)[N+](=O)[O-])CCCCC/C=C(\C/C=C\C/C=C\C/C=C\CCCC(=O)O)[N+](=O)[O-]. The fraction of sp³-hybridized carbons (Fsp3) is 0.550. The lowest BCUT2D eigenvalue weighted by Gasteiger charge is -2.06. The van der Waals surface area contributed by atoms with Gasteiger partial charge in [0, 0.05) is 12.8 Å². The molecule has 0 atom stereocenters. The number of nitro groups is 2. The molecular formula is C40H60N2O8. The predicted molar refractivity (Wildman–Crippen MR) is 202 cm³/mol. The summed E-state index contributed by atoms with van der Waals surface area (Å²) in [7, 11) is 0. The first kappa shape index (κ1) is 45.7. The summed E-state index contributed by atoms with van der Waals surface area (Å²) in [5.41, 5.74) is 1.71. The van der Waals surface area contributed by atoms with E-state index in [1.165, 1.54) is 30.9 Å². The second-order valence-electron chi connectivity index (χ2n) is 12.1. The number of aliphatic carboxylic acids is 2. The number of carbonyl (C=O) groups is 2. The van der Waals surface area contributed by atoms with Crippen LogP contribution in [0.15, 0.2) is 96.0 Å². The third kappa shape index (κ3) is 31.0. The topological polar surface area (TPSA) is 161 Å². The van der Waals surface area contributed by atoms with Gasteiger partial charge in [-0.1, -0.05) is 98.6 Å². The van der Waals surface area contributed by atoms with Gasteiger partial charge in [0.05, 0.1) is 22.7 Å². The van der Waals surface area contributed by atoms with Gasteiger partial charge in [-0.25, -0.2) is 0 Å². The van der Waals surface area contributed by atoms with Gasteiger partial charge in [-0.15, -0.1) is 0 Å². The highest BCUT2D eigenvalue weighted by molar-refractivity contribution is 5.66. The average molecular weight is 697 g/mol. The molecule has 2 N–H and O–H groups in total. The Bertz CT molecular complexity index is 1220. The number of unbranched alkanes of at least 4 members (excludes halogenated alkanes) is 8.